The van der Waals surface area contributed by atoms with E-state index >= 15 is 0 Å². The maximum atomic E-state index is 12.9. The Balaban J connectivity index is 2.08. The second kappa shape index (κ2) is 5.46. The number of aliphatic hydroxyl groups is 1. The van der Waals surface area contributed by atoms with E-state index in [0.717, 1.165) is 5.56 Å². The molecule has 0 heterocycles. The molecule has 3 heteroatoms. The van der Waals surface area contributed by atoms with Gasteiger partial charge < -0.3 is 9.84 Å². The molecule has 0 atom stereocenters. The van der Waals surface area contributed by atoms with Crippen molar-refractivity contribution in [2.24, 2.45) is 0 Å². The monoisotopic (exact) mass is 232 g/mol. The summed E-state index contributed by atoms with van der Waals surface area (Å²) >= 11 is 0. The molecule has 17 heavy (non-hydrogen) atoms. The summed E-state index contributed by atoms with van der Waals surface area (Å²) in [6, 6.07) is 13.4. The van der Waals surface area contributed by atoms with Crippen LogP contribution in [0.4, 0.5) is 4.39 Å². The molecule has 0 aromatic heterocycles. The zero-order chi connectivity index (χ0) is 12.1. The molecule has 0 bridgehead atoms. The molecule has 2 rings (SSSR count). The quantitative estimate of drug-likeness (QED) is 0.877. The molecule has 2 aromatic rings. The SMILES string of the molecule is OCCc1ccc(Oc2cccc(F)c2)cc1. The Morgan fingerprint density at radius 3 is 2.41 bits per heavy atom. The van der Waals surface area contributed by atoms with E-state index in [9.17, 15) is 4.39 Å². The number of ether oxygens (including phenoxy) is 1. The van der Waals surface area contributed by atoms with Crippen molar-refractivity contribution >= 4 is 0 Å². The van der Waals surface area contributed by atoms with Gasteiger partial charge in [-0.25, -0.2) is 4.39 Å². The lowest BCUT2D eigenvalue weighted by molar-refractivity contribution is 0.299. The van der Waals surface area contributed by atoms with Crippen molar-refractivity contribution in [3.8, 4) is 11.5 Å². The van der Waals surface area contributed by atoms with Crippen LogP contribution < -0.4 is 4.74 Å². The Labute approximate surface area is 99.3 Å². The minimum Gasteiger partial charge on any atom is -0.457 e. The summed E-state index contributed by atoms with van der Waals surface area (Å²) in [7, 11) is 0. The van der Waals surface area contributed by atoms with Crippen LogP contribution in [0.2, 0.25) is 0 Å². The maximum Gasteiger partial charge on any atom is 0.130 e. The predicted octanol–water partition coefficient (Wildman–Crippen LogP) is 3.15. The summed E-state index contributed by atoms with van der Waals surface area (Å²) in [6.07, 6.45) is 0.625. The van der Waals surface area contributed by atoms with Gasteiger partial charge >= 0.3 is 0 Å². The standard InChI is InChI=1S/C14H13FO2/c15-12-2-1-3-14(10-12)17-13-6-4-11(5-7-13)8-9-16/h1-7,10,16H,8-9H2. The van der Waals surface area contributed by atoms with E-state index in [1.807, 2.05) is 12.1 Å². The third-order valence-corrected chi connectivity index (χ3v) is 2.36. The van der Waals surface area contributed by atoms with Crippen molar-refractivity contribution in [1.29, 1.82) is 0 Å². The number of benzene rings is 2. The molecule has 0 saturated heterocycles. The largest absolute Gasteiger partial charge is 0.457 e. The molecular weight excluding hydrogens is 219 g/mol. The normalized spacial score (nSPS) is 10.2. The lowest BCUT2D eigenvalue weighted by atomic mass is 10.1. The number of aliphatic hydroxyl groups excluding tert-OH is 1. The third-order valence-electron chi connectivity index (χ3n) is 2.36. The third kappa shape index (κ3) is 3.29. The molecule has 0 amide bonds. The zero-order valence-electron chi connectivity index (χ0n) is 9.27. The summed E-state index contributed by atoms with van der Waals surface area (Å²) < 4.78 is 18.4. The number of hydrogen-bond donors (Lipinski definition) is 1. The average Bonchev–Trinajstić information content (AvgIpc) is 2.32. The highest BCUT2D eigenvalue weighted by Gasteiger charge is 1.99. The van der Waals surface area contributed by atoms with Crippen molar-refractivity contribution in [2.75, 3.05) is 6.61 Å². The van der Waals surface area contributed by atoms with E-state index in [4.69, 9.17) is 9.84 Å². The van der Waals surface area contributed by atoms with Crippen molar-refractivity contribution in [3.05, 3.63) is 59.9 Å². The van der Waals surface area contributed by atoms with Crippen LogP contribution in [0.3, 0.4) is 0 Å². The van der Waals surface area contributed by atoms with Crippen molar-refractivity contribution in [1.82, 2.24) is 0 Å². The molecule has 0 aliphatic heterocycles. The van der Waals surface area contributed by atoms with Gasteiger partial charge in [-0.3, -0.25) is 0 Å². The molecule has 0 radical (unpaired) electrons. The molecule has 0 unspecified atom stereocenters. The summed E-state index contributed by atoms with van der Waals surface area (Å²) in [5.41, 5.74) is 1.04. The number of hydrogen-bond acceptors (Lipinski definition) is 2. The first-order chi connectivity index (χ1) is 8.28. The lowest BCUT2D eigenvalue weighted by Crippen LogP contribution is -1.90. The second-order valence-corrected chi connectivity index (χ2v) is 3.68. The zero-order valence-corrected chi connectivity index (χ0v) is 9.27. The molecule has 2 aromatic carbocycles. The van der Waals surface area contributed by atoms with Crippen molar-refractivity contribution < 1.29 is 14.2 Å². The minimum atomic E-state index is -0.320. The van der Waals surface area contributed by atoms with Crippen LogP contribution in [-0.2, 0) is 6.42 Å². The van der Waals surface area contributed by atoms with Crippen LogP contribution in [0.25, 0.3) is 0 Å². The maximum absolute atomic E-state index is 12.9. The van der Waals surface area contributed by atoms with Gasteiger partial charge in [0.15, 0.2) is 0 Å². The van der Waals surface area contributed by atoms with Crippen LogP contribution in [0.1, 0.15) is 5.56 Å². The van der Waals surface area contributed by atoms with Crippen LogP contribution in [0.5, 0.6) is 11.5 Å². The lowest BCUT2D eigenvalue weighted by Gasteiger charge is -2.06. The summed E-state index contributed by atoms with van der Waals surface area (Å²) in [5.74, 6) is 0.802. The Hall–Kier alpha value is -1.87. The molecule has 0 spiro atoms. The summed E-state index contributed by atoms with van der Waals surface area (Å²) in [4.78, 5) is 0. The highest BCUT2D eigenvalue weighted by molar-refractivity contribution is 5.33. The highest BCUT2D eigenvalue weighted by atomic mass is 19.1. The van der Waals surface area contributed by atoms with E-state index in [2.05, 4.69) is 0 Å². The van der Waals surface area contributed by atoms with E-state index in [-0.39, 0.29) is 12.4 Å². The Morgan fingerprint density at radius 1 is 1.00 bits per heavy atom. The molecule has 0 fully saturated rings. The highest BCUT2D eigenvalue weighted by Crippen LogP contribution is 2.22. The molecule has 0 aliphatic rings. The van der Waals surface area contributed by atoms with Gasteiger partial charge in [0.25, 0.3) is 0 Å². The average molecular weight is 232 g/mol. The summed E-state index contributed by atoms with van der Waals surface area (Å²) in [6.45, 7) is 0.129. The van der Waals surface area contributed by atoms with Gasteiger partial charge in [0, 0.05) is 12.7 Å². The first-order valence-corrected chi connectivity index (χ1v) is 5.41. The minimum absolute atomic E-state index is 0.129. The molecule has 2 nitrogen and oxygen atoms in total. The molecule has 88 valence electrons. The predicted molar refractivity (Wildman–Crippen MR) is 63.7 cm³/mol. The van der Waals surface area contributed by atoms with E-state index < -0.39 is 0 Å². The fraction of sp³-hybridized carbons (Fsp3) is 0.143. The molecule has 0 aliphatic carbocycles. The van der Waals surface area contributed by atoms with E-state index in [0.29, 0.717) is 17.9 Å². The molecular formula is C14H13FO2. The molecule has 0 saturated carbocycles. The van der Waals surface area contributed by atoms with Crippen LogP contribution in [-0.4, -0.2) is 11.7 Å². The smallest absolute Gasteiger partial charge is 0.130 e. The van der Waals surface area contributed by atoms with Crippen molar-refractivity contribution in [3.63, 3.8) is 0 Å². The fourth-order valence-corrected chi connectivity index (χ4v) is 1.52. The van der Waals surface area contributed by atoms with Crippen LogP contribution in [0, 0.1) is 5.82 Å². The number of rotatable bonds is 4. The fourth-order valence-electron chi connectivity index (χ4n) is 1.52. The Kier molecular flexibility index (Phi) is 3.73. The van der Waals surface area contributed by atoms with Gasteiger partial charge in [-0.15, -0.1) is 0 Å². The van der Waals surface area contributed by atoms with Crippen molar-refractivity contribution in [2.45, 2.75) is 6.42 Å². The first kappa shape index (κ1) is 11.6. The van der Waals surface area contributed by atoms with Gasteiger partial charge in [0.05, 0.1) is 0 Å². The topological polar surface area (TPSA) is 29.5 Å². The molecule has 1 N–H and O–H groups in total. The second-order valence-electron chi connectivity index (χ2n) is 3.68. The van der Waals surface area contributed by atoms with Crippen LogP contribution >= 0.6 is 0 Å². The van der Waals surface area contributed by atoms with E-state index in [1.165, 1.54) is 12.1 Å². The Bertz CT molecular complexity index is 480. The van der Waals surface area contributed by atoms with Gasteiger partial charge in [0.1, 0.15) is 17.3 Å². The summed E-state index contributed by atoms with van der Waals surface area (Å²) in [5, 5.41) is 8.78. The van der Waals surface area contributed by atoms with Crippen LogP contribution in [0.15, 0.2) is 48.5 Å². The number of halogens is 1. The Morgan fingerprint density at radius 2 is 1.76 bits per heavy atom. The van der Waals surface area contributed by atoms with Gasteiger partial charge in [-0.2, -0.15) is 0 Å². The van der Waals surface area contributed by atoms with Gasteiger partial charge in [-0.1, -0.05) is 18.2 Å². The van der Waals surface area contributed by atoms with Gasteiger partial charge in [0.2, 0.25) is 0 Å². The van der Waals surface area contributed by atoms with Gasteiger partial charge in [-0.05, 0) is 36.2 Å². The van der Waals surface area contributed by atoms with E-state index in [1.54, 1.807) is 24.3 Å². The first-order valence-electron chi connectivity index (χ1n) is 5.41.